The van der Waals surface area contributed by atoms with E-state index in [-0.39, 0.29) is 0 Å². The molecule has 0 saturated carbocycles. The van der Waals surface area contributed by atoms with Crippen molar-refractivity contribution in [3.63, 3.8) is 0 Å². The van der Waals surface area contributed by atoms with Gasteiger partial charge in [0.15, 0.2) is 0 Å². The Labute approximate surface area is 180 Å². The van der Waals surface area contributed by atoms with Crippen molar-refractivity contribution >= 4 is 0 Å². The van der Waals surface area contributed by atoms with Crippen LogP contribution < -0.4 is 0 Å². The van der Waals surface area contributed by atoms with Crippen LogP contribution in [0.25, 0.3) is 0 Å². The molecule has 0 aromatic heterocycles. The highest BCUT2D eigenvalue weighted by atomic mass is 14.3. The Morgan fingerprint density at radius 2 is 1.55 bits per heavy atom. The molecule has 3 atom stereocenters. The van der Waals surface area contributed by atoms with E-state index in [1.165, 1.54) is 43.2 Å². The van der Waals surface area contributed by atoms with Crippen molar-refractivity contribution < 1.29 is 0 Å². The lowest BCUT2D eigenvalue weighted by Gasteiger charge is -2.34. The van der Waals surface area contributed by atoms with Crippen LogP contribution >= 0.6 is 0 Å². The van der Waals surface area contributed by atoms with Crippen LogP contribution in [0.4, 0.5) is 0 Å². The SMILES string of the molecule is CC(C)C1c2ccccc2CCC1C.Cc1cc(C)c2c(c1)C(C(C)C)CCC2. The van der Waals surface area contributed by atoms with E-state index in [9.17, 15) is 0 Å². The smallest absolute Gasteiger partial charge is 0.0110 e. The predicted octanol–water partition coefficient (Wildman–Crippen LogP) is 8.39. The van der Waals surface area contributed by atoms with Crippen LogP contribution in [0.3, 0.4) is 0 Å². The Morgan fingerprint density at radius 1 is 0.828 bits per heavy atom. The van der Waals surface area contributed by atoms with Crippen LogP contribution in [0.2, 0.25) is 0 Å². The first-order valence-electron chi connectivity index (χ1n) is 12.0. The average Bonchev–Trinajstić information content (AvgIpc) is 2.67. The van der Waals surface area contributed by atoms with Gasteiger partial charge in [0.2, 0.25) is 0 Å². The van der Waals surface area contributed by atoms with Crippen LogP contribution in [0.5, 0.6) is 0 Å². The van der Waals surface area contributed by atoms with Crippen LogP contribution in [0.1, 0.15) is 99.1 Å². The molecule has 0 saturated heterocycles. The van der Waals surface area contributed by atoms with Crippen molar-refractivity contribution in [1.29, 1.82) is 0 Å². The lowest BCUT2D eigenvalue weighted by molar-refractivity contribution is 0.327. The molecule has 0 N–H and O–H groups in total. The van der Waals surface area contributed by atoms with Crippen molar-refractivity contribution in [3.05, 3.63) is 69.8 Å². The van der Waals surface area contributed by atoms with Crippen molar-refractivity contribution in [2.24, 2.45) is 17.8 Å². The van der Waals surface area contributed by atoms with E-state index in [0.29, 0.717) is 0 Å². The maximum atomic E-state index is 2.42. The van der Waals surface area contributed by atoms with Gasteiger partial charge in [0.05, 0.1) is 0 Å². The van der Waals surface area contributed by atoms with Gasteiger partial charge < -0.3 is 0 Å². The fraction of sp³-hybridized carbons (Fsp3) is 0.586. The van der Waals surface area contributed by atoms with Gasteiger partial charge in [-0.3, -0.25) is 0 Å². The molecule has 0 heteroatoms. The highest BCUT2D eigenvalue weighted by Crippen LogP contribution is 2.40. The molecule has 29 heavy (non-hydrogen) atoms. The highest BCUT2D eigenvalue weighted by Gasteiger charge is 2.28. The number of aryl methyl sites for hydroxylation is 3. The molecule has 0 bridgehead atoms. The maximum absolute atomic E-state index is 2.42. The summed E-state index contributed by atoms with van der Waals surface area (Å²) in [5.74, 6) is 3.98. The summed E-state index contributed by atoms with van der Waals surface area (Å²) < 4.78 is 0. The van der Waals surface area contributed by atoms with Gasteiger partial charge in [-0.25, -0.2) is 0 Å². The molecular formula is C29H42. The standard InChI is InChI=1S/C15H22.C14H20/c1-10(2)13-6-5-7-14-12(4)8-11(3)9-15(13)14;1-10(2)14-11(3)8-9-12-6-4-5-7-13(12)14/h8-10,13H,5-7H2,1-4H3;4-7,10-11,14H,8-9H2,1-3H3. The van der Waals surface area contributed by atoms with E-state index < -0.39 is 0 Å². The minimum atomic E-state index is 0.770. The zero-order valence-corrected chi connectivity index (χ0v) is 19.9. The lowest BCUT2D eigenvalue weighted by Crippen LogP contribution is -2.22. The van der Waals surface area contributed by atoms with E-state index in [2.05, 4.69) is 84.9 Å². The molecule has 0 fully saturated rings. The monoisotopic (exact) mass is 390 g/mol. The maximum Gasteiger partial charge on any atom is -0.0110 e. The zero-order chi connectivity index (χ0) is 21.1. The van der Waals surface area contributed by atoms with Crippen LogP contribution in [0.15, 0.2) is 36.4 Å². The number of hydrogen-bond acceptors (Lipinski definition) is 0. The first kappa shape index (κ1) is 22.1. The number of rotatable bonds is 2. The summed E-state index contributed by atoms with van der Waals surface area (Å²) in [6.07, 6.45) is 6.69. The second-order valence-corrected chi connectivity index (χ2v) is 10.4. The first-order valence-corrected chi connectivity index (χ1v) is 12.0. The van der Waals surface area contributed by atoms with Gasteiger partial charge in [0.1, 0.15) is 0 Å². The number of fused-ring (bicyclic) bond motifs is 2. The third-order valence-electron chi connectivity index (χ3n) is 7.41. The van der Waals surface area contributed by atoms with Crippen LogP contribution in [-0.2, 0) is 12.8 Å². The number of benzene rings is 2. The fourth-order valence-electron chi connectivity index (χ4n) is 6.02. The summed E-state index contributed by atoms with van der Waals surface area (Å²) in [7, 11) is 0. The van der Waals surface area contributed by atoms with Gasteiger partial charge >= 0.3 is 0 Å². The molecule has 0 amide bonds. The first-order chi connectivity index (χ1) is 13.8. The molecule has 0 spiro atoms. The third kappa shape index (κ3) is 4.96. The lowest BCUT2D eigenvalue weighted by atomic mass is 9.71. The van der Waals surface area contributed by atoms with Crippen molar-refractivity contribution in [2.45, 2.75) is 92.4 Å². The van der Waals surface area contributed by atoms with Gasteiger partial charge in [0, 0.05) is 0 Å². The Bertz CT molecular complexity index is 811. The average molecular weight is 391 g/mol. The van der Waals surface area contributed by atoms with E-state index in [0.717, 1.165) is 29.6 Å². The molecule has 0 radical (unpaired) electrons. The predicted molar refractivity (Wildman–Crippen MR) is 128 cm³/mol. The van der Waals surface area contributed by atoms with Crippen molar-refractivity contribution in [3.8, 4) is 0 Å². The Kier molecular flexibility index (Phi) is 7.25. The molecule has 0 nitrogen and oxygen atoms in total. The second-order valence-electron chi connectivity index (χ2n) is 10.4. The molecule has 4 rings (SSSR count). The van der Waals surface area contributed by atoms with Crippen molar-refractivity contribution in [2.75, 3.05) is 0 Å². The molecule has 3 unspecified atom stereocenters. The Morgan fingerprint density at radius 3 is 2.24 bits per heavy atom. The van der Waals surface area contributed by atoms with Gasteiger partial charge in [-0.05, 0) is 103 Å². The fourth-order valence-corrected chi connectivity index (χ4v) is 6.02. The summed E-state index contributed by atoms with van der Waals surface area (Å²) in [6.45, 7) is 16.3. The Balaban J connectivity index is 0.000000166. The molecular weight excluding hydrogens is 348 g/mol. The summed E-state index contributed by atoms with van der Waals surface area (Å²) in [6, 6.07) is 13.7. The van der Waals surface area contributed by atoms with Gasteiger partial charge in [-0.2, -0.15) is 0 Å². The van der Waals surface area contributed by atoms with E-state index in [1.807, 2.05) is 0 Å². The van der Waals surface area contributed by atoms with Gasteiger partial charge in [-0.15, -0.1) is 0 Å². The third-order valence-corrected chi connectivity index (χ3v) is 7.41. The summed E-state index contributed by atoms with van der Waals surface area (Å²) in [5, 5.41) is 0. The van der Waals surface area contributed by atoms with Gasteiger partial charge in [-0.1, -0.05) is 76.6 Å². The van der Waals surface area contributed by atoms with E-state index in [1.54, 1.807) is 22.3 Å². The van der Waals surface area contributed by atoms with E-state index in [4.69, 9.17) is 0 Å². The number of hydrogen-bond donors (Lipinski definition) is 0. The quantitative estimate of drug-likeness (QED) is 0.483. The highest BCUT2D eigenvalue weighted by molar-refractivity contribution is 5.42. The minimum absolute atomic E-state index is 0.770. The summed E-state index contributed by atoms with van der Waals surface area (Å²) in [5.41, 5.74) is 9.43. The topological polar surface area (TPSA) is 0 Å². The van der Waals surface area contributed by atoms with Crippen LogP contribution in [-0.4, -0.2) is 0 Å². The largest absolute Gasteiger partial charge is 0.0622 e. The van der Waals surface area contributed by atoms with Gasteiger partial charge in [0.25, 0.3) is 0 Å². The normalized spacial score (nSPS) is 23.3. The molecule has 2 aromatic carbocycles. The second kappa shape index (κ2) is 9.50. The van der Waals surface area contributed by atoms with Crippen LogP contribution in [0, 0.1) is 31.6 Å². The molecule has 2 aliphatic carbocycles. The Hall–Kier alpha value is -1.56. The molecule has 158 valence electrons. The zero-order valence-electron chi connectivity index (χ0n) is 19.9. The minimum Gasteiger partial charge on any atom is -0.0622 e. The summed E-state index contributed by atoms with van der Waals surface area (Å²) >= 11 is 0. The summed E-state index contributed by atoms with van der Waals surface area (Å²) in [4.78, 5) is 0. The molecule has 2 aromatic rings. The molecule has 0 heterocycles. The van der Waals surface area contributed by atoms with Crippen molar-refractivity contribution in [1.82, 2.24) is 0 Å². The molecule has 0 aliphatic heterocycles. The van der Waals surface area contributed by atoms with E-state index >= 15 is 0 Å². The molecule has 2 aliphatic rings.